The first-order valence-corrected chi connectivity index (χ1v) is 5.76. The quantitative estimate of drug-likeness (QED) is 0.733. The van der Waals surface area contributed by atoms with Gasteiger partial charge in [0.15, 0.2) is 0 Å². The Hall–Kier alpha value is -2.82. The molecule has 0 amide bonds. The van der Waals surface area contributed by atoms with Crippen LogP contribution in [-0.4, -0.2) is 10.1 Å². The Balaban J connectivity index is 2.22. The second-order valence-corrected chi connectivity index (χ2v) is 4.07. The first-order valence-electron chi connectivity index (χ1n) is 5.76. The lowest BCUT2D eigenvalue weighted by molar-refractivity contribution is 0.439. The second-order valence-electron chi connectivity index (χ2n) is 4.07. The zero-order valence-corrected chi connectivity index (χ0v) is 9.96. The number of nitrogen functional groups attached to an aromatic ring is 1. The molecule has 0 aliphatic heterocycles. The first kappa shape index (κ1) is 11.3. The van der Waals surface area contributed by atoms with E-state index in [1.807, 2.05) is 30.3 Å². The molecule has 3 rings (SSSR count). The van der Waals surface area contributed by atoms with E-state index in [1.165, 1.54) is 6.07 Å². The van der Waals surface area contributed by atoms with Gasteiger partial charge in [-0.25, -0.2) is 0 Å². The first-order chi connectivity index (χ1) is 9.25. The summed E-state index contributed by atoms with van der Waals surface area (Å²) >= 11 is 0. The van der Waals surface area contributed by atoms with Crippen LogP contribution >= 0.6 is 0 Å². The standard InChI is InChI=1S/C14H11N3O2/c15-14-12(9-5-2-1-3-6-9)13(17-19-14)10-7-4-8-11(18)16-10/h1-8H,15H2,(H,16,18). The van der Waals surface area contributed by atoms with Gasteiger partial charge < -0.3 is 15.2 Å². The van der Waals surface area contributed by atoms with Gasteiger partial charge in [0.2, 0.25) is 11.4 Å². The van der Waals surface area contributed by atoms with Gasteiger partial charge in [-0.3, -0.25) is 4.79 Å². The summed E-state index contributed by atoms with van der Waals surface area (Å²) in [6, 6.07) is 14.4. The molecule has 0 saturated heterocycles. The highest BCUT2D eigenvalue weighted by atomic mass is 16.5. The maximum Gasteiger partial charge on any atom is 0.248 e. The third-order valence-corrected chi connectivity index (χ3v) is 2.80. The van der Waals surface area contributed by atoms with Crippen LogP contribution in [0.15, 0.2) is 57.8 Å². The van der Waals surface area contributed by atoms with E-state index < -0.39 is 0 Å². The SMILES string of the molecule is Nc1onc(-c2cccc(=O)[nH]2)c1-c1ccccc1. The number of nitrogens with two attached hydrogens (primary N) is 1. The number of nitrogens with one attached hydrogen (secondary N) is 1. The highest BCUT2D eigenvalue weighted by Crippen LogP contribution is 2.34. The normalized spacial score (nSPS) is 10.5. The van der Waals surface area contributed by atoms with Crippen LogP contribution in [0.25, 0.3) is 22.5 Å². The van der Waals surface area contributed by atoms with Crippen molar-refractivity contribution in [1.82, 2.24) is 10.1 Å². The Bertz CT molecular complexity index is 760. The van der Waals surface area contributed by atoms with Gasteiger partial charge in [0.25, 0.3) is 0 Å². The molecule has 5 heteroatoms. The molecule has 0 saturated carbocycles. The third-order valence-electron chi connectivity index (χ3n) is 2.80. The van der Waals surface area contributed by atoms with E-state index in [0.717, 1.165) is 5.56 Å². The molecule has 94 valence electrons. The lowest BCUT2D eigenvalue weighted by Gasteiger charge is -2.02. The van der Waals surface area contributed by atoms with E-state index in [-0.39, 0.29) is 11.4 Å². The van der Waals surface area contributed by atoms with Gasteiger partial charge in [-0.05, 0) is 11.6 Å². The molecule has 1 aromatic carbocycles. The van der Waals surface area contributed by atoms with Gasteiger partial charge in [0.05, 0.1) is 11.3 Å². The van der Waals surface area contributed by atoms with Gasteiger partial charge >= 0.3 is 0 Å². The summed E-state index contributed by atoms with van der Waals surface area (Å²) in [5.41, 5.74) is 8.31. The minimum atomic E-state index is -0.196. The molecular weight excluding hydrogens is 242 g/mol. The monoisotopic (exact) mass is 253 g/mol. The zero-order chi connectivity index (χ0) is 13.2. The van der Waals surface area contributed by atoms with Crippen molar-refractivity contribution < 1.29 is 4.52 Å². The molecule has 0 fully saturated rings. The molecule has 3 N–H and O–H groups in total. The Labute approximate surface area is 108 Å². The van der Waals surface area contributed by atoms with E-state index in [9.17, 15) is 4.79 Å². The molecule has 5 nitrogen and oxygen atoms in total. The number of rotatable bonds is 2. The highest BCUT2D eigenvalue weighted by Gasteiger charge is 2.17. The van der Waals surface area contributed by atoms with Crippen LogP contribution in [0.2, 0.25) is 0 Å². The zero-order valence-electron chi connectivity index (χ0n) is 9.96. The van der Waals surface area contributed by atoms with Crippen molar-refractivity contribution in [3.63, 3.8) is 0 Å². The Morgan fingerprint density at radius 3 is 2.58 bits per heavy atom. The van der Waals surface area contributed by atoms with Gasteiger partial charge in [-0.1, -0.05) is 41.6 Å². The number of benzene rings is 1. The van der Waals surface area contributed by atoms with Crippen molar-refractivity contribution in [1.29, 1.82) is 0 Å². The Morgan fingerprint density at radius 2 is 1.84 bits per heavy atom. The van der Waals surface area contributed by atoms with Crippen LogP contribution in [0.5, 0.6) is 0 Å². The molecule has 0 aliphatic carbocycles. The summed E-state index contributed by atoms with van der Waals surface area (Å²) < 4.78 is 5.05. The number of anilines is 1. The van der Waals surface area contributed by atoms with Crippen LogP contribution in [-0.2, 0) is 0 Å². The number of H-pyrrole nitrogens is 1. The number of nitrogens with zero attached hydrogens (tertiary/aromatic N) is 1. The van der Waals surface area contributed by atoms with E-state index in [1.54, 1.807) is 12.1 Å². The third kappa shape index (κ3) is 2.01. The van der Waals surface area contributed by atoms with Gasteiger partial charge in [-0.2, -0.15) is 0 Å². The van der Waals surface area contributed by atoms with Crippen LogP contribution in [0.1, 0.15) is 0 Å². The summed E-state index contributed by atoms with van der Waals surface area (Å²) in [6.45, 7) is 0. The van der Waals surface area contributed by atoms with Crippen LogP contribution in [0.3, 0.4) is 0 Å². The maximum absolute atomic E-state index is 11.4. The lowest BCUT2D eigenvalue weighted by atomic mass is 10.0. The van der Waals surface area contributed by atoms with Crippen molar-refractivity contribution >= 4 is 5.88 Å². The average Bonchev–Trinajstić information content (AvgIpc) is 2.82. The maximum atomic E-state index is 11.4. The molecule has 0 spiro atoms. The number of pyridine rings is 1. The van der Waals surface area contributed by atoms with Crippen LogP contribution < -0.4 is 11.3 Å². The predicted octanol–water partition coefficient (Wildman–Crippen LogP) is 2.28. The number of aromatic amines is 1. The summed E-state index contributed by atoms with van der Waals surface area (Å²) in [6.07, 6.45) is 0. The summed E-state index contributed by atoms with van der Waals surface area (Å²) in [7, 11) is 0. The van der Waals surface area contributed by atoms with Gasteiger partial charge in [0.1, 0.15) is 5.69 Å². The molecule has 2 heterocycles. The molecule has 2 aromatic heterocycles. The van der Waals surface area contributed by atoms with Crippen molar-refractivity contribution in [2.24, 2.45) is 0 Å². The Morgan fingerprint density at radius 1 is 1.05 bits per heavy atom. The smallest absolute Gasteiger partial charge is 0.248 e. The molecule has 0 aliphatic rings. The lowest BCUT2D eigenvalue weighted by Crippen LogP contribution is -2.04. The van der Waals surface area contributed by atoms with E-state index in [2.05, 4.69) is 10.1 Å². The predicted molar refractivity (Wildman–Crippen MR) is 72.4 cm³/mol. The molecule has 0 unspecified atom stereocenters. The minimum Gasteiger partial charge on any atom is -0.367 e. The molecule has 0 bridgehead atoms. The fraction of sp³-hybridized carbons (Fsp3) is 0. The fourth-order valence-electron chi connectivity index (χ4n) is 1.96. The summed E-state index contributed by atoms with van der Waals surface area (Å²) in [4.78, 5) is 14.1. The second kappa shape index (κ2) is 4.45. The number of hydrogen-bond donors (Lipinski definition) is 2. The van der Waals surface area contributed by atoms with Crippen molar-refractivity contribution in [2.75, 3.05) is 5.73 Å². The van der Waals surface area contributed by atoms with Gasteiger partial charge in [0, 0.05) is 6.07 Å². The minimum absolute atomic E-state index is 0.196. The summed E-state index contributed by atoms with van der Waals surface area (Å²) in [5, 5.41) is 3.93. The van der Waals surface area contributed by atoms with Crippen molar-refractivity contribution in [2.45, 2.75) is 0 Å². The molecule has 0 radical (unpaired) electrons. The van der Waals surface area contributed by atoms with Crippen LogP contribution in [0, 0.1) is 0 Å². The van der Waals surface area contributed by atoms with E-state index >= 15 is 0 Å². The van der Waals surface area contributed by atoms with Gasteiger partial charge in [-0.15, -0.1) is 0 Å². The molecular formula is C14H11N3O2. The largest absolute Gasteiger partial charge is 0.367 e. The van der Waals surface area contributed by atoms with Crippen LogP contribution in [0.4, 0.5) is 5.88 Å². The van der Waals surface area contributed by atoms with E-state index in [4.69, 9.17) is 10.3 Å². The van der Waals surface area contributed by atoms with E-state index in [0.29, 0.717) is 17.0 Å². The molecule has 19 heavy (non-hydrogen) atoms. The topological polar surface area (TPSA) is 84.9 Å². The van der Waals surface area contributed by atoms with Crippen molar-refractivity contribution in [3.8, 4) is 22.5 Å². The molecule has 3 aromatic rings. The number of hydrogen-bond acceptors (Lipinski definition) is 4. The average molecular weight is 253 g/mol. The number of aromatic nitrogens is 2. The van der Waals surface area contributed by atoms with Crippen molar-refractivity contribution in [3.05, 3.63) is 58.9 Å². The Kier molecular flexibility index (Phi) is 2.64. The molecule has 0 atom stereocenters. The fourth-order valence-corrected chi connectivity index (χ4v) is 1.96. The highest BCUT2D eigenvalue weighted by molar-refractivity contribution is 5.85. The summed E-state index contributed by atoms with van der Waals surface area (Å²) in [5.74, 6) is 0.228.